The molecule has 2 aromatic rings. The Labute approximate surface area is 170 Å². The van der Waals surface area contributed by atoms with Gasteiger partial charge in [0.25, 0.3) is 5.91 Å². The van der Waals surface area contributed by atoms with Gasteiger partial charge >= 0.3 is 0 Å². The SMILES string of the molecule is CSc1ccc(CN2CCCC(c3[nH]ncc3C(=O)N3CCOCC3)C2)cc1. The number of amides is 1. The van der Waals surface area contributed by atoms with Gasteiger partial charge < -0.3 is 9.64 Å². The van der Waals surface area contributed by atoms with Crippen molar-refractivity contribution in [2.75, 3.05) is 45.6 Å². The van der Waals surface area contributed by atoms with E-state index in [1.54, 1.807) is 18.0 Å². The number of ether oxygens (including phenoxy) is 1. The number of hydrogen-bond acceptors (Lipinski definition) is 5. The Morgan fingerprint density at radius 2 is 2.04 bits per heavy atom. The van der Waals surface area contributed by atoms with Gasteiger partial charge in [-0.15, -0.1) is 11.8 Å². The number of benzene rings is 1. The number of likely N-dealkylation sites (tertiary alicyclic amines) is 1. The number of aromatic nitrogens is 2. The normalized spacial score (nSPS) is 21.0. The molecule has 1 atom stereocenters. The number of thioether (sulfide) groups is 1. The predicted octanol–water partition coefficient (Wildman–Crippen LogP) is 2.98. The van der Waals surface area contributed by atoms with Crippen LogP contribution in [0.25, 0.3) is 0 Å². The summed E-state index contributed by atoms with van der Waals surface area (Å²) in [4.78, 5) is 18.6. The minimum atomic E-state index is 0.0804. The van der Waals surface area contributed by atoms with Gasteiger partial charge in [0.2, 0.25) is 0 Å². The molecule has 28 heavy (non-hydrogen) atoms. The second-order valence-corrected chi connectivity index (χ2v) is 8.40. The van der Waals surface area contributed by atoms with Crippen LogP contribution in [0.4, 0.5) is 0 Å². The van der Waals surface area contributed by atoms with E-state index in [0.29, 0.717) is 32.2 Å². The predicted molar refractivity (Wildman–Crippen MR) is 111 cm³/mol. The van der Waals surface area contributed by atoms with Crippen molar-refractivity contribution in [1.29, 1.82) is 0 Å². The van der Waals surface area contributed by atoms with Crippen LogP contribution in [0.3, 0.4) is 0 Å². The van der Waals surface area contributed by atoms with E-state index in [4.69, 9.17) is 4.74 Å². The summed E-state index contributed by atoms with van der Waals surface area (Å²) < 4.78 is 5.37. The van der Waals surface area contributed by atoms with Gasteiger partial charge in [-0.25, -0.2) is 0 Å². The van der Waals surface area contributed by atoms with Gasteiger partial charge in [0, 0.05) is 37.0 Å². The number of carbonyl (C=O) groups excluding carboxylic acids is 1. The van der Waals surface area contributed by atoms with Crippen molar-refractivity contribution in [2.24, 2.45) is 0 Å². The molecule has 1 unspecified atom stereocenters. The fourth-order valence-electron chi connectivity index (χ4n) is 4.14. The van der Waals surface area contributed by atoms with Gasteiger partial charge in [0.1, 0.15) is 0 Å². The highest BCUT2D eigenvalue weighted by atomic mass is 32.2. The molecule has 1 aromatic carbocycles. The molecule has 2 aliphatic rings. The Morgan fingerprint density at radius 1 is 1.25 bits per heavy atom. The van der Waals surface area contributed by atoms with Gasteiger partial charge in [-0.1, -0.05) is 12.1 Å². The van der Waals surface area contributed by atoms with E-state index in [1.165, 1.54) is 10.5 Å². The molecule has 0 radical (unpaired) electrons. The van der Waals surface area contributed by atoms with Crippen molar-refractivity contribution in [3.8, 4) is 0 Å². The van der Waals surface area contributed by atoms with Gasteiger partial charge in [0.15, 0.2) is 0 Å². The van der Waals surface area contributed by atoms with Crippen LogP contribution in [0.1, 0.15) is 40.4 Å². The molecule has 4 rings (SSSR count). The largest absolute Gasteiger partial charge is 0.378 e. The molecule has 1 N–H and O–H groups in total. The summed E-state index contributed by atoms with van der Waals surface area (Å²) in [6, 6.07) is 8.82. The number of morpholine rings is 1. The Morgan fingerprint density at radius 3 is 2.79 bits per heavy atom. The molecule has 0 aliphatic carbocycles. The molecule has 0 spiro atoms. The lowest BCUT2D eigenvalue weighted by Crippen LogP contribution is -2.41. The molecule has 0 saturated carbocycles. The second kappa shape index (κ2) is 9.11. The maximum atomic E-state index is 13.0. The number of rotatable bonds is 5. The zero-order valence-corrected chi connectivity index (χ0v) is 17.2. The van der Waals surface area contributed by atoms with Crippen molar-refractivity contribution in [2.45, 2.75) is 30.2 Å². The quantitative estimate of drug-likeness (QED) is 0.782. The molecule has 7 heteroatoms. The molecule has 0 bridgehead atoms. The zero-order valence-electron chi connectivity index (χ0n) is 16.4. The Balaban J connectivity index is 1.43. The number of carbonyl (C=O) groups is 1. The molecular weight excluding hydrogens is 372 g/mol. The molecule has 2 aliphatic heterocycles. The number of piperidine rings is 1. The van der Waals surface area contributed by atoms with Crippen LogP contribution in [0.5, 0.6) is 0 Å². The number of hydrogen-bond donors (Lipinski definition) is 1. The number of H-pyrrole nitrogens is 1. The lowest BCUT2D eigenvalue weighted by atomic mass is 9.92. The van der Waals surface area contributed by atoms with Gasteiger partial charge in [-0.3, -0.25) is 14.8 Å². The minimum Gasteiger partial charge on any atom is -0.378 e. The zero-order chi connectivity index (χ0) is 19.3. The first-order valence-corrected chi connectivity index (χ1v) is 11.2. The van der Waals surface area contributed by atoms with Crippen molar-refractivity contribution < 1.29 is 9.53 Å². The fourth-order valence-corrected chi connectivity index (χ4v) is 4.55. The van der Waals surface area contributed by atoms with Crippen LogP contribution in [-0.4, -0.2) is 71.6 Å². The molecule has 3 heterocycles. The van der Waals surface area contributed by atoms with E-state index in [1.807, 2.05) is 4.90 Å². The van der Waals surface area contributed by atoms with E-state index >= 15 is 0 Å². The molecule has 2 fully saturated rings. The Kier molecular flexibility index (Phi) is 6.34. The van der Waals surface area contributed by atoms with E-state index in [9.17, 15) is 4.79 Å². The highest BCUT2D eigenvalue weighted by Gasteiger charge is 2.29. The van der Waals surface area contributed by atoms with E-state index in [-0.39, 0.29) is 5.91 Å². The molecular formula is C21H28N4O2S. The van der Waals surface area contributed by atoms with Crippen LogP contribution in [0.2, 0.25) is 0 Å². The standard InChI is InChI=1S/C21H28N4O2S/c1-28-18-6-4-16(5-7-18)14-24-8-2-3-17(15-24)20-19(13-22-23-20)21(26)25-9-11-27-12-10-25/h4-7,13,17H,2-3,8-12,14-15H2,1H3,(H,22,23). The summed E-state index contributed by atoms with van der Waals surface area (Å²) in [6.45, 7) is 5.55. The third-order valence-corrected chi connectivity index (χ3v) is 6.42. The number of aromatic amines is 1. The van der Waals surface area contributed by atoms with E-state index < -0.39 is 0 Å². The van der Waals surface area contributed by atoms with E-state index in [0.717, 1.165) is 43.7 Å². The van der Waals surface area contributed by atoms with Crippen LogP contribution in [-0.2, 0) is 11.3 Å². The first-order valence-electron chi connectivity index (χ1n) is 10.00. The van der Waals surface area contributed by atoms with Crippen LogP contribution < -0.4 is 0 Å². The first-order chi connectivity index (χ1) is 13.7. The lowest BCUT2D eigenvalue weighted by Gasteiger charge is -2.33. The fraction of sp³-hybridized carbons (Fsp3) is 0.524. The molecule has 6 nitrogen and oxygen atoms in total. The van der Waals surface area contributed by atoms with Crippen molar-refractivity contribution in [1.82, 2.24) is 20.0 Å². The van der Waals surface area contributed by atoms with Gasteiger partial charge in [0.05, 0.1) is 30.7 Å². The smallest absolute Gasteiger partial charge is 0.257 e. The minimum absolute atomic E-state index is 0.0804. The molecule has 2 saturated heterocycles. The third kappa shape index (κ3) is 4.42. The summed E-state index contributed by atoms with van der Waals surface area (Å²) in [5, 5.41) is 7.35. The highest BCUT2D eigenvalue weighted by Crippen LogP contribution is 2.29. The summed E-state index contributed by atoms with van der Waals surface area (Å²) in [5.74, 6) is 0.401. The van der Waals surface area contributed by atoms with E-state index in [2.05, 4.69) is 45.6 Å². The van der Waals surface area contributed by atoms with Crippen molar-refractivity contribution >= 4 is 17.7 Å². The van der Waals surface area contributed by atoms with Crippen molar-refractivity contribution in [3.05, 3.63) is 47.3 Å². The van der Waals surface area contributed by atoms with Crippen LogP contribution in [0, 0.1) is 0 Å². The summed E-state index contributed by atoms with van der Waals surface area (Å²) in [6.07, 6.45) is 6.03. The topological polar surface area (TPSA) is 61.5 Å². The summed E-state index contributed by atoms with van der Waals surface area (Å²) >= 11 is 1.77. The summed E-state index contributed by atoms with van der Waals surface area (Å²) in [7, 11) is 0. The number of nitrogens with zero attached hydrogens (tertiary/aromatic N) is 3. The van der Waals surface area contributed by atoms with Crippen LogP contribution >= 0.6 is 11.8 Å². The molecule has 1 aromatic heterocycles. The second-order valence-electron chi connectivity index (χ2n) is 7.52. The highest BCUT2D eigenvalue weighted by molar-refractivity contribution is 7.98. The lowest BCUT2D eigenvalue weighted by molar-refractivity contribution is 0.0301. The summed E-state index contributed by atoms with van der Waals surface area (Å²) in [5.41, 5.74) is 3.07. The Hall–Kier alpha value is -1.83. The molecule has 1 amide bonds. The monoisotopic (exact) mass is 400 g/mol. The first kappa shape index (κ1) is 19.5. The third-order valence-electron chi connectivity index (χ3n) is 5.68. The van der Waals surface area contributed by atoms with Gasteiger partial charge in [-0.05, 0) is 43.3 Å². The Bertz CT molecular complexity index is 786. The maximum absolute atomic E-state index is 13.0. The average molecular weight is 401 g/mol. The van der Waals surface area contributed by atoms with Crippen LogP contribution in [0.15, 0.2) is 35.4 Å². The van der Waals surface area contributed by atoms with Gasteiger partial charge in [-0.2, -0.15) is 5.10 Å². The number of nitrogens with one attached hydrogen (secondary N) is 1. The van der Waals surface area contributed by atoms with Crippen molar-refractivity contribution in [3.63, 3.8) is 0 Å². The maximum Gasteiger partial charge on any atom is 0.257 e. The molecule has 150 valence electrons. The average Bonchev–Trinajstić information content (AvgIpc) is 3.24.